The highest BCUT2D eigenvalue weighted by molar-refractivity contribution is 5.92. The molecule has 1 heterocycles. The predicted octanol–water partition coefficient (Wildman–Crippen LogP) is 2.04. The van der Waals surface area contributed by atoms with Crippen molar-refractivity contribution in [2.45, 2.75) is 96.4 Å². The lowest BCUT2D eigenvalue weighted by atomic mass is 10.0. The van der Waals surface area contributed by atoms with Gasteiger partial charge in [0.15, 0.2) is 0 Å². The van der Waals surface area contributed by atoms with Crippen molar-refractivity contribution in [3.8, 4) is 0 Å². The van der Waals surface area contributed by atoms with Crippen molar-refractivity contribution in [2.24, 2.45) is 11.8 Å². The van der Waals surface area contributed by atoms with Crippen LogP contribution in [0.3, 0.4) is 0 Å². The fraction of sp³-hybridized carbons (Fsp3) is 0.581. The van der Waals surface area contributed by atoms with Crippen LogP contribution in [0.2, 0.25) is 0 Å². The minimum Gasteiger partial charge on any atom is -0.445 e. The molecule has 0 bridgehead atoms. The van der Waals surface area contributed by atoms with Crippen LogP contribution in [0.15, 0.2) is 43.0 Å². The van der Waals surface area contributed by atoms with Gasteiger partial charge in [-0.1, -0.05) is 49.8 Å². The van der Waals surface area contributed by atoms with E-state index < -0.39 is 53.8 Å². The van der Waals surface area contributed by atoms with E-state index >= 15 is 0 Å². The number of rotatable bonds is 15. The van der Waals surface area contributed by atoms with Gasteiger partial charge in [0.2, 0.25) is 23.6 Å². The quantitative estimate of drug-likeness (QED) is 0.152. The van der Waals surface area contributed by atoms with Crippen molar-refractivity contribution in [1.29, 1.82) is 0 Å². The maximum absolute atomic E-state index is 13.7. The number of ether oxygens (including phenoxy) is 2. The molecule has 1 aromatic carbocycles. The summed E-state index contributed by atoms with van der Waals surface area (Å²) in [6.07, 6.45) is 1.66. The molecule has 1 aliphatic heterocycles. The lowest BCUT2D eigenvalue weighted by Crippen LogP contribution is -2.60. The largest absolute Gasteiger partial charge is 0.445 e. The Morgan fingerprint density at radius 1 is 1.00 bits per heavy atom. The summed E-state index contributed by atoms with van der Waals surface area (Å²) in [6, 6.07) is 7.01. The molecule has 1 aliphatic carbocycles. The van der Waals surface area contributed by atoms with Crippen LogP contribution in [0.25, 0.3) is 0 Å². The Bertz CT molecular complexity index is 1150. The van der Waals surface area contributed by atoms with Crippen molar-refractivity contribution in [3.05, 3.63) is 48.6 Å². The van der Waals surface area contributed by atoms with Crippen LogP contribution < -0.4 is 26.6 Å². The van der Waals surface area contributed by atoms with Crippen LogP contribution >= 0.6 is 0 Å². The Labute approximate surface area is 253 Å². The van der Waals surface area contributed by atoms with E-state index in [4.69, 9.17) is 9.47 Å². The Balaban J connectivity index is 1.72. The first kappa shape index (κ1) is 33.6. The Kier molecular flexibility index (Phi) is 12.1. The molecule has 1 saturated heterocycles. The summed E-state index contributed by atoms with van der Waals surface area (Å²) in [7, 11) is 0. The summed E-state index contributed by atoms with van der Waals surface area (Å²) in [4.78, 5) is 64.2. The number of amides is 5. The number of carbonyl (C=O) groups is 5. The third kappa shape index (κ3) is 11.7. The van der Waals surface area contributed by atoms with Crippen LogP contribution in [0.4, 0.5) is 4.79 Å². The van der Waals surface area contributed by atoms with Crippen molar-refractivity contribution in [2.75, 3.05) is 6.54 Å². The molecule has 0 unspecified atom stereocenters. The Morgan fingerprint density at radius 3 is 2.28 bits per heavy atom. The maximum atomic E-state index is 13.7. The highest BCUT2D eigenvalue weighted by Crippen LogP contribution is 2.33. The predicted molar refractivity (Wildman–Crippen MR) is 159 cm³/mol. The van der Waals surface area contributed by atoms with Crippen LogP contribution in [0, 0.1) is 11.8 Å². The number of hydrogen-bond donors (Lipinski definition) is 5. The number of benzene rings is 1. The molecule has 3 rings (SSSR count). The highest BCUT2D eigenvalue weighted by atomic mass is 16.6. The van der Waals surface area contributed by atoms with Crippen LogP contribution in [0.5, 0.6) is 0 Å². The third-order valence-corrected chi connectivity index (χ3v) is 7.18. The normalized spacial score (nSPS) is 19.2. The number of nitrogens with one attached hydrogen (secondary N) is 5. The van der Waals surface area contributed by atoms with Crippen molar-refractivity contribution >= 4 is 29.7 Å². The second kappa shape index (κ2) is 15.5. The molecule has 0 radical (unpaired) electrons. The fourth-order valence-electron chi connectivity index (χ4n) is 4.90. The number of carbonyl (C=O) groups excluding carboxylic acids is 5. The fourth-order valence-corrected chi connectivity index (χ4v) is 4.90. The second-order valence-electron chi connectivity index (χ2n) is 12.1. The van der Waals surface area contributed by atoms with Gasteiger partial charge in [0.25, 0.3) is 0 Å². The Hall–Kier alpha value is -3.93. The molecule has 1 aromatic rings. The molecule has 236 valence electrons. The zero-order valence-electron chi connectivity index (χ0n) is 25.4. The average Bonchev–Trinajstić information content (AvgIpc) is 3.68. The Morgan fingerprint density at radius 2 is 1.70 bits per heavy atom. The molecule has 5 atom stereocenters. The minimum absolute atomic E-state index is 0.0130. The number of hydrogen-bond acceptors (Lipinski definition) is 7. The molecule has 1 saturated carbocycles. The summed E-state index contributed by atoms with van der Waals surface area (Å²) < 4.78 is 11.3. The van der Waals surface area contributed by atoms with E-state index in [1.54, 1.807) is 6.92 Å². The van der Waals surface area contributed by atoms with Gasteiger partial charge >= 0.3 is 6.09 Å². The minimum atomic E-state index is -1.17. The van der Waals surface area contributed by atoms with Crippen molar-refractivity contribution in [3.63, 3.8) is 0 Å². The molecule has 2 fully saturated rings. The molecule has 0 spiro atoms. The molecular formula is C31H45N5O7. The number of alkyl carbamates (subject to hydrolysis) is 1. The summed E-state index contributed by atoms with van der Waals surface area (Å²) in [6.45, 7) is 11.2. The van der Waals surface area contributed by atoms with Gasteiger partial charge in [-0.3, -0.25) is 19.2 Å². The van der Waals surface area contributed by atoms with E-state index in [9.17, 15) is 24.0 Å². The first-order valence-electron chi connectivity index (χ1n) is 14.8. The molecule has 12 nitrogen and oxygen atoms in total. The average molecular weight is 600 g/mol. The van der Waals surface area contributed by atoms with E-state index in [-0.39, 0.29) is 30.8 Å². The van der Waals surface area contributed by atoms with Gasteiger partial charge in [0.05, 0.1) is 11.7 Å². The van der Waals surface area contributed by atoms with E-state index in [1.807, 2.05) is 51.1 Å². The molecule has 43 heavy (non-hydrogen) atoms. The highest BCUT2D eigenvalue weighted by Gasteiger charge is 2.37. The lowest BCUT2D eigenvalue weighted by molar-refractivity contribution is -0.136. The van der Waals surface area contributed by atoms with Crippen LogP contribution in [0.1, 0.15) is 65.4 Å². The monoisotopic (exact) mass is 599 g/mol. The molecule has 0 aromatic heterocycles. The van der Waals surface area contributed by atoms with E-state index in [0.29, 0.717) is 19.4 Å². The van der Waals surface area contributed by atoms with Gasteiger partial charge in [-0.05, 0) is 64.5 Å². The van der Waals surface area contributed by atoms with E-state index in [0.717, 1.165) is 24.5 Å². The summed E-state index contributed by atoms with van der Waals surface area (Å²) in [5, 5.41) is 13.6. The lowest BCUT2D eigenvalue weighted by Gasteiger charge is -2.32. The summed E-state index contributed by atoms with van der Waals surface area (Å²) >= 11 is 0. The summed E-state index contributed by atoms with van der Waals surface area (Å²) in [5.74, 6) is -1.89. The van der Waals surface area contributed by atoms with Crippen LogP contribution in [-0.2, 0) is 35.3 Å². The van der Waals surface area contributed by atoms with E-state index in [1.165, 1.54) is 0 Å². The van der Waals surface area contributed by atoms with Gasteiger partial charge < -0.3 is 36.1 Å². The van der Waals surface area contributed by atoms with Crippen LogP contribution in [-0.4, -0.2) is 66.2 Å². The summed E-state index contributed by atoms with van der Waals surface area (Å²) in [5.41, 5.74) is 0.161. The standard InChI is InChI=1S/C31H45N5O7/c1-6-25(37)34-24(17-22-14-15-32-27(22)38)35-28(39)23(16-20-12-13-20)33-29(40)26(19(2)43-31(3,4)5)36-30(41)42-18-21-10-8-7-9-11-21/h6-11,19-20,22-24,26H,1,12-18H2,2-5H3,(H,32,38)(H,33,40)(H,34,37)(H,35,39)(H,36,41)/t19-,22+,23+,24+,26+/m1/s1. The van der Waals surface area contributed by atoms with E-state index in [2.05, 4.69) is 33.2 Å². The first-order valence-corrected chi connectivity index (χ1v) is 14.8. The molecule has 12 heteroatoms. The first-order chi connectivity index (χ1) is 20.3. The topological polar surface area (TPSA) is 164 Å². The van der Waals surface area contributed by atoms with Crippen molar-refractivity contribution in [1.82, 2.24) is 26.6 Å². The third-order valence-electron chi connectivity index (χ3n) is 7.18. The van der Waals surface area contributed by atoms with Gasteiger partial charge in [-0.15, -0.1) is 0 Å². The molecule has 5 amide bonds. The van der Waals surface area contributed by atoms with Gasteiger partial charge in [-0.25, -0.2) is 4.79 Å². The zero-order chi connectivity index (χ0) is 31.6. The second-order valence-corrected chi connectivity index (χ2v) is 12.1. The molecule has 5 N–H and O–H groups in total. The van der Waals surface area contributed by atoms with Crippen molar-refractivity contribution < 1.29 is 33.4 Å². The smallest absolute Gasteiger partial charge is 0.408 e. The molecular weight excluding hydrogens is 554 g/mol. The molecule has 2 aliphatic rings. The zero-order valence-corrected chi connectivity index (χ0v) is 25.4. The maximum Gasteiger partial charge on any atom is 0.408 e. The van der Waals surface area contributed by atoms with Gasteiger partial charge in [0, 0.05) is 12.5 Å². The SMILES string of the molecule is C=CC(=O)N[C@H](C[C@@H]1CCNC1=O)NC(=O)[C@H](CC1CC1)NC(=O)[C@@H](NC(=O)OCc1ccccc1)[C@@H](C)OC(C)(C)C. The van der Waals surface area contributed by atoms with Gasteiger partial charge in [-0.2, -0.15) is 0 Å². The van der Waals surface area contributed by atoms with Gasteiger partial charge in [0.1, 0.15) is 24.9 Å².